The van der Waals surface area contributed by atoms with Crippen LogP contribution in [0.15, 0.2) is 89.6 Å². The minimum Gasteiger partial charge on any atom is -0.497 e. The van der Waals surface area contributed by atoms with Gasteiger partial charge in [-0.3, -0.25) is 14.5 Å². The molecule has 0 aromatic heterocycles. The molecule has 8 heteroatoms. The first-order chi connectivity index (χ1) is 16.5. The number of carbonyl (C=O) groups excluding carboxylic acids is 3. The fourth-order valence-corrected chi connectivity index (χ4v) is 3.64. The average Bonchev–Trinajstić information content (AvgIpc) is 3.06. The lowest BCUT2D eigenvalue weighted by Crippen LogP contribution is -2.34. The second-order valence-corrected chi connectivity index (χ2v) is 7.84. The molecular formula is C26H21ClN2O5. The van der Waals surface area contributed by atoms with Crippen LogP contribution in [0.5, 0.6) is 11.5 Å². The minimum absolute atomic E-state index is 0.00596. The van der Waals surface area contributed by atoms with Crippen molar-refractivity contribution in [2.45, 2.75) is 6.42 Å². The van der Waals surface area contributed by atoms with Crippen LogP contribution in [0.25, 0.3) is 0 Å². The van der Waals surface area contributed by atoms with Crippen LogP contribution < -0.4 is 14.8 Å². The summed E-state index contributed by atoms with van der Waals surface area (Å²) in [6, 6.07) is 22.6. The van der Waals surface area contributed by atoms with Gasteiger partial charge < -0.3 is 14.8 Å². The van der Waals surface area contributed by atoms with Gasteiger partial charge >= 0.3 is 5.97 Å². The first-order valence-electron chi connectivity index (χ1n) is 10.5. The van der Waals surface area contributed by atoms with Crippen LogP contribution in [0.3, 0.4) is 0 Å². The Balaban J connectivity index is 1.39. The molecule has 4 rings (SSSR count). The fourth-order valence-electron chi connectivity index (χ4n) is 3.41. The van der Waals surface area contributed by atoms with Crippen LogP contribution in [0.2, 0.25) is 0 Å². The zero-order chi connectivity index (χ0) is 24.1. The molecule has 0 fully saturated rings. The van der Waals surface area contributed by atoms with Crippen molar-refractivity contribution in [3.05, 3.63) is 101 Å². The highest BCUT2D eigenvalue weighted by Crippen LogP contribution is 2.26. The molecule has 0 saturated carbocycles. The minimum atomic E-state index is -0.545. The van der Waals surface area contributed by atoms with Crippen LogP contribution >= 0.6 is 11.6 Å². The van der Waals surface area contributed by atoms with Crippen LogP contribution in [-0.2, 0) is 16.0 Å². The van der Waals surface area contributed by atoms with E-state index in [0.717, 1.165) is 10.5 Å². The lowest BCUT2D eigenvalue weighted by Gasteiger charge is -2.15. The van der Waals surface area contributed by atoms with Gasteiger partial charge in [0.25, 0.3) is 11.8 Å². The molecular weight excluding hydrogens is 456 g/mol. The van der Waals surface area contributed by atoms with Crippen LogP contribution in [-0.4, -0.2) is 36.3 Å². The topological polar surface area (TPSA) is 84.9 Å². The van der Waals surface area contributed by atoms with Crippen molar-refractivity contribution in [1.29, 1.82) is 0 Å². The Labute approximate surface area is 201 Å². The second-order valence-electron chi connectivity index (χ2n) is 7.46. The number of benzene rings is 3. The van der Waals surface area contributed by atoms with E-state index in [4.69, 9.17) is 21.1 Å². The van der Waals surface area contributed by atoms with Crippen molar-refractivity contribution in [1.82, 2.24) is 4.90 Å². The van der Waals surface area contributed by atoms with E-state index in [1.54, 1.807) is 48.5 Å². The van der Waals surface area contributed by atoms with Gasteiger partial charge in [0, 0.05) is 18.3 Å². The van der Waals surface area contributed by atoms with Crippen LogP contribution in [0.1, 0.15) is 15.9 Å². The summed E-state index contributed by atoms with van der Waals surface area (Å²) in [6.07, 6.45) is 0.528. The van der Waals surface area contributed by atoms with Crippen molar-refractivity contribution in [3.63, 3.8) is 0 Å². The molecule has 1 aliphatic rings. The van der Waals surface area contributed by atoms with Gasteiger partial charge in [-0.15, -0.1) is 0 Å². The Bertz CT molecular complexity index is 1260. The number of methoxy groups -OCH3 is 1. The number of nitrogens with zero attached hydrogens (tertiary/aromatic N) is 1. The van der Waals surface area contributed by atoms with E-state index in [1.165, 1.54) is 7.11 Å². The summed E-state index contributed by atoms with van der Waals surface area (Å²) in [4.78, 5) is 38.9. The van der Waals surface area contributed by atoms with Gasteiger partial charge in [0.1, 0.15) is 22.2 Å². The van der Waals surface area contributed by atoms with Crippen LogP contribution in [0.4, 0.5) is 5.69 Å². The Kier molecular flexibility index (Phi) is 6.94. The molecule has 0 atom stereocenters. The van der Waals surface area contributed by atoms with Gasteiger partial charge in [0.15, 0.2) is 0 Å². The normalized spacial score (nSPS) is 13.3. The number of amides is 2. The summed E-state index contributed by atoms with van der Waals surface area (Å²) in [6.45, 7) is 0.220. The maximum Gasteiger partial charge on any atom is 0.343 e. The lowest BCUT2D eigenvalue weighted by atomic mass is 10.1. The third kappa shape index (κ3) is 5.10. The number of anilines is 1. The van der Waals surface area contributed by atoms with E-state index >= 15 is 0 Å². The summed E-state index contributed by atoms with van der Waals surface area (Å²) >= 11 is 6.17. The molecule has 0 spiro atoms. The summed E-state index contributed by atoms with van der Waals surface area (Å²) < 4.78 is 10.5. The molecule has 2 amide bonds. The SMILES string of the molecule is COc1cccc(OC(=O)c2ccc(NC3=C(Cl)C(=O)N(CCc4ccccc4)C3=O)cc2)c1. The van der Waals surface area contributed by atoms with Gasteiger partial charge in [-0.25, -0.2) is 4.79 Å². The van der Waals surface area contributed by atoms with Gasteiger partial charge in [-0.1, -0.05) is 48.0 Å². The number of carbonyl (C=O) groups is 3. The highest BCUT2D eigenvalue weighted by Gasteiger charge is 2.37. The third-order valence-electron chi connectivity index (χ3n) is 5.22. The van der Waals surface area contributed by atoms with Crippen molar-refractivity contribution >= 4 is 35.1 Å². The largest absolute Gasteiger partial charge is 0.497 e. The summed E-state index contributed by atoms with van der Waals surface area (Å²) in [7, 11) is 1.53. The highest BCUT2D eigenvalue weighted by molar-refractivity contribution is 6.48. The molecule has 0 aliphatic carbocycles. The molecule has 0 saturated heterocycles. The van der Waals surface area contributed by atoms with E-state index in [0.29, 0.717) is 29.2 Å². The van der Waals surface area contributed by atoms with E-state index in [1.807, 2.05) is 30.3 Å². The van der Waals surface area contributed by atoms with E-state index in [-0.39, 0.29) is 17.3 Å². The zero-order valence-electron chi connectivity index (χ0n) is 18.3. The van der Waals surface area contributed by atoms with Crippen molar-refractivity contribution in [2.24, 2.45) is 0 Å². The Morgan fingerprint density at radius 2 is 1.62 bits per heavy atom. The predicted octanol–water partition coefficient (Wildman–Crippen LogP) is 4.39. The van der Waals surface area contributed by atoms with Gasteiger partial charge in [0.2, 0.25) is 0 Å². The number of ether oxygens (including phenoxy) is 2. The molecule has 172 valence electrons. The highest BCUT2D eigenvalue weighted by atomic mass is 35.5. The van der Waals surface area contributed by atoms with Crippen molar-refractivity contribution < 1.29 is 23.9 Å². The molecule has 3 aromatic carbocycles. The molecule has 0 radical (unpaired) electrons. The van der Waals surface area contributed by atoms with E-state index < -0.39 is 17.8 Å². The Hall–Kier alpha value is -4.10. The number of hydrogen-bond acceptors (Lipinski definition) is 6. The molecule has 1 N–H and O–H groups in total. The maximum absolute atomic E-state index is 12.8. The predicted molar refractivity (Wildman–Crippen MR) is 128 cm³/mol. The van der Waals surface area contributed by atoms with Crippen LogP contribution in [0, 0.1) is 0 Å². The number of rotatable bonds is 8. The number of imide groups is 1. The Morgan fingerprint density at radius 1 is 0.912 bits per heavy atom. The van der Waals surface area contributed by atoms with E-state index in [9.17, 15) is 14.4 Å². The number of hydrogen-bond donors (Lipinski definition) is 1. The molecule has 7 nitrogen and oxygen atoms in total. The average molecular weight is 477 g/mol. The molecule has 0 bridgehead atoms. The molecule has 3 aromatic rings. The summed E-state index contributed by atoms with van der Waals surface area (Å²) in [5, 5.41) is 2.73. The zero-order valence-corrected chi connectivity index (χ0v) is 19.0. The molecule has 34 heavy (non-hydrogen) atoms. The second kappa shape index (κ2) is 10.2. The van der Waals surface area contributed by atoms with Gasteiger partial charge in [-0.05, 0) is 48.4 Å². The standard InChI is InChI=1S/C26H21ClN2O5/c1-33-20-8-5-9-21(16-20)34-26(32)18-10-12-19(13-11-18)28-23-22(27)24(30)29(25(23)31)15-14-17-6-3-2-4-7-17/h2-13,16,28H,14-15H2,1H3. The number of halogens is 1. The smallest absolute Gasteiger partial charge is 0.343 e. The van der Waals surface area contributed by atoms with Crippen molar-refractivity contribution in [3.8, 4) is 11.5 Å². The lowest BCUT2D eigenvalue weighted by molar-refractivity contribution is -0.137. The van der Waals surface area contributed by atoms with E-state index in [2.05, 4.69) is 5.32 Å². The fraction of sp³-hybridized carbons (Fsp3) is 0.115. The number of nitrogens with one attached hydrogen (secondary N) is 1. The molecule has 1 aliphatic heterocycles. The molecule has 0 unspecified atom stereocenters. The first kappa shape index (κ1) is 23.1. The quantitative estimate of drug-likeness (QED) is 0.295. The molecule has 1 heterocycles. The summed E-state index contributed by atoms with van der Waals surface area (Å²) in [5.74, 6) is -0.648. The number of esters is 1. The van der Waals surface area contributed by atoms with Gasteiger partial charge in [-0.2, -0.15) is 0 Å². The maximum atomic E-state index is 12.8. The first-order valence-corrected chi connectivity index (χ1v) is 10.9. The Morgan fingerprint density at radius 3 is 2.32 bits per heavy atom. The third-order valence-corrected chi connectivity index (χ3v) is 5.57. The monoisotopic (exact) mass is 476 g/mol. The summed E-state index contributed by atoms with van der Waals surface area (Å²) in [5.41, 5.74) is 1.83. The van der Waals surface area contributed by atoms with Gasteiger partial charge in [0.05, 0.1) is 12.7 Å². The van der Waals surface area contributed by atoms with Crippen molar-refractivity contribution in [2.75, 3.05) is 19.0 Å².